The Bertz CT molecular complexity index is 2090. The lowest BCUT2D eigenvalue weighted by Gasteiger charge is -2.38. The van der Waals surface area contributed by atoms with E-state index in [4.69, 9.17) is 24.5 Å². The molecule has 0 bridgehead atoms. The van der Waals surface area contributed by atoms with Crippen molar-refractivity contribution in [1.29, 1.82) is 0 Å². The summed E-state index contributed by atoms with van der Waals surface area (Å²) in [7, 11) is 3.64. The van der Waals surface area contributed by atoms with Crippen molar-refractivity contribution in [2.45, 2.75) is 51.9 Å². The van der Waals surface area contributed by atoms with Crippen LogP contribution in [0.15, 0.2) is 54.6 Å². The molecule has 6 heterocycles. The molecule has 1 aromatic carbocycles. The van der Waals surface area contributed by atoms with Crippen LogP contribution in [0, 0.1) is 11.6 Å². The predicted molar refractivity (Wildman–Crippen MR) is 186 cm³/mol. The molecule has 49 heavy (non-hydrogen) atoms. The normalized spacial score (nSPS) is 19.2. The molecule has 0 spiro atoms. The first-order chi connectivity index (χ1) is 23.6. The Morgan fingerprint density at radius 3 is 2.69 bits per heavy atom. The molecular weight excluding hydrogens is 647 g/mol. The van der Waals surface area contributed by atoms with Crippen molar-refractivity contribution >= 4 is 27.3 Å². The number of aromatic nitrogens is 4. The Kier molecular flexibility index (Phi) is 8.80. The van der Waals surface area contributed by atoms with Crippen molar-refractivity contribution in [2.24, 2.45) is 0 Å². The van der Waals surface area contributed by atoms with Gasteiger partial charge in [-0.2, -0.15) is 5.10 Å². The molecule has 3 atom stereocenters. The SMILES string of the molecule is C=CC(=O)N1[C@H](C)Cn2nc(-c3nc(-c4cnc5c(c4)[C@@H](C)N(C)CC5)c4ccsc4c3-c3c(F)cc(F)cc3OCCOC)cc2[C@@H]1C. The zero-order valence-corrected chi connectivity index (χ0v) is 29.0. The second kappa shape index (κ2) is 13.1. The molecule has 0 saturated heterocycles. The standard InChI is InChI=1S/C37H38F2N6O3S/c1-7-32(46)45-20(2)19-44-30(22(45)4)17-29(42-44)36-34(33-27(39)15-24(38)16-31(33)48-12-11-47-6)37-25(9-13-49-37)35(41-36)23-14-26-21(3)43(5)10-8-28(26)40-18-23/h7,9,13-18,20-22H,1,8,10-12,19H2,2-6H3/t20-,21-,22+/m1/s1. The number of rotatable bonds is 8. The van der Waals surface area contributed by atoms with Gasteiger partial charge >= 0.3 is 0 Å². The van der Waals surface area contributed by atoms with Gasteiger partial charge in [-0.15, -0.1) is 11.3 Å². The average molecular weight is 685 g/mol. The fourth-order valence-corrected chi connectivity index (χ4v) is 8.08. The molecule has 0 aliphatic carbocycles. The van der Waals surface area contributed by atoms with Gasteiger partial charge in [0.25, 0.3) is 0 Å². The van der Waals surface area contributed by atoms with Crippen LogP contribution in [0.25, 0.3) is 43.9 Å². The zero-order chi connectivity index (χ0) is 34.6. The van der Waals surface area contributed by atoms with Crippen LogP contribution in [-0.2, 0) is 22.5 Å². The van der Waals surface area contributed by atoms with Crippen molar-refractivity contribution in [1.82, 2.24) is 29.5 Å². The van der Waals surface area contributed by atoms with E-state index in [9.17, 15) is 9.18 Å². The Balaban J connectivity index is 1.49. The van der Waals surface area contributed by atoms with Gasteiger partial charge in [0.1, 0.15) is 35.4 Å². The minimum Gasteiger partial charge on any atom is -0.490 e. The van der Waals surface area contributed by atoms with Crippen molar-refractivity contribution in [3.63, 3.8) is 0 Å². The molecule has 2 aliphatic rings. The minimum absolute atomic E-state index is 0.0427. The van der Waals surface area contributed by atoms with Crippen molar-refractivity contribution < 1.29 is 23.0 Å². The maximum absolute atomic E-state index is 16.2. The van der Waals surface area contributed by atoms with E-state index in [1.54, 1.807) is 4.90 Å². The minimum atomic E-state index is -0.779. The van der Waals surface area contributed by atoms with Crippen molar-refractivity contribution in [3.8, 4) is 39.5 Å². The number of pyridine rings is 2. The number of methoxy groups -OCH3 is 1. The van der Waals surface area contributed by atoms with E-state index >= 15 is 4.39 Å². The van der Waals surface area contributed by atoms with Crippen molar-refractivity contribution in [2.75, 3.05) is 33.9 Å². The van der Waals surface area contributed by atoms with Gasteiger partial charge < -0.3 is 14.4 Å². The average Bonchev–Trinajstić information content (AvgIpc) is 3.74. The van der Waals surface area contributed by atoms with Gasteiger partial charge in [-0.05, 0) is 63.0 Å². The van der Waals surface area contributed by atoms with Crippen LogP contribution >= 0.6 is 11.3 Å². The maximum Gasteiger partial charge on any atom is 0.246 e. The predicted octanol–water partition coefficient (Wildman–Crippen LogP) is 7.22. The summed E-state index contributed by atoms with van der Waals surface area (Å²) in [5.74, 6) is -1.66. The van der Waals surface area contributed by atoms with E-state index in [2.05, 4.69) is 31.5 Å². The Hall–Kier alpha value is -4.52. The molecule has 0 unspecified atom stereocenters. The summed E-state index contributed by atoms with van der Waals surface area (Å²) in [4.78, 5) is 27.1. The number of hydrogen-bond acceptors (Lipinski definition) is 8. The lowest BCUT2D eigenvalue weighted by molar-refractivity contribution is -0.131. The molecule has 5 aromatic rings. The highest BCUT2D eigenvalue weighted by Crippen LogP contribution is 2.48. The third-order valence-corrected chi connectivity index (χ3v) is 10.7. The smallest absolute Gasteiger partial charge is 0.246 e. The first-order valence-corrected chi connectivity index (χ1v) is 17.2. The number of fused-ring (bicyclic) bond motifs is 3. The van der Waals surface area contributed by atoms with E-state index in [-0.39, 0.29) is 48.6 Å². The van der Waals surface area contributed by atoms with Crippen LogP contribution in [0.5, 0.6) is 5.75 Å². The third kappa shape index (κ3) is 5.71. The molecule has 2 aliphatic heterocycles. The summed E-state index contributed by atoms with van der Waals surface area (Å²) in [5, 5.41) is 7.76. The van der Waals surface area contributed by atoms with Gasteiger partial charge in [0.05, 0.1) is 36.1 Å². The van der Waals surface area contributed by atoms with Gasteiger partial charge in [-0.1, -0.05) is 6.58 Å². The van der Waals surface area contributed by atoms with Crippen molar-refractivity contribution in [3.05, 3.63) is 83.1 Å². The fraction of sp³-hybridized carbons (Fsp3) is 0.351. The quantitative estimate of drug-likeness (QED) is 0.126. The largest absolute Gasteiger partial charge is 0.490 e. The second-order valence-electron chi connectivity index (χ2n) is 12.7. The van der Waals surface area contributed by atoms with E-state index in [1.807, 2.05) is 42.2 Å². The van der Waals surface area contributed by atoms with Gasteiger partial charge in [0.2, 0.25) is 5.91 Å². The monoisotopic (exact) mass is 684 g/mol. The van der Waals surface area contributed by atoms with Crippen LogP contribution in [-0.4, -0.2) is 75.4 Å². The van der Waals surface area contributed by atoms with Gasteiger partial charge in [-0.3, -0.25) is 19.4 Å². The van der Waals surface area contributed by atoms with E-state index in [1.165, 1.54) is 30.6 Å². The summed E-state index contributed by atoms with van der Waals surface area (Å²) in [6.07, 6.45) is 4.04. The number of likely N-dealkylation sites (N-methyl/N-ethyl adjacent to an activating group) is 1. The molecule has 1 amide bonds. The Morgan fingerprint density at radius 1 is 1.10 bits per heavy atom. The number of ether oxygens (including phenoxy) is 2. The first kappa shape index (κ1) is 33.0. The molecule has 0 N–H and O–H groups in total. The number of nitrogens with zero attached hydrogens (tertiary/aromatic N) is 6. The summed E-state index contributed by atoms with van der Waals surface area (Å²) >= 11 is 1.44. The molecule has 7 rings (SSSR count). The summed E-state index contributed by atoms with van der Waals surface area (Å²) in [5.41, 5.74) is 6.01. The van der Waals surface area contributed by atoms with E-state index in [0.29, 0.717) is 29.2 Å². The number of hydrogen-bond donors (Lipinski definition) is 0. The number of thiophene rings is 1. The third-order valence-electron chi connectivity index (χ3n) is 9.75. The van der Waals surface area contributed by atoms with E-state index < -0.39 is 11.6 Å². The van der Waals surface area contributed by atoms with Gasteiger partial charge in [-0.25, -0.2) is 13.8 Å². The molecule has 12 heteroatoms. The zero-order valence-electron chi connectivity index (χ0n) is 28.2. The summed E-state index contributed by atoms with van der Waals surface area (Å²) in [6.45, 7) is 11.5. The van der Waals surface area contributed by atoms with Crippen LogP contribution in [0.2, 0.25) is 0 Å². The first-order valence-electron chi connectivity index (χ1n) is 16.4. The highest BCUT2D eigenvalue weighted by molar-refractivity contribution is 7.18. The fourth-order valence-electron chi connectivity index (χ4n) is 7.13. The highest BCUT2D eigenvalue weighted by Gasteiger charge is 2.35. The number of halogens is 2. The Morgan fingerprint density at radius 2 is 1.92 bits per heavy atom. The second-order valence-corrected chi connectivity index (χ2v) is 13.6. The molecule has 254 valence electrons. The summed E-state index contributed by atoms with van der Waals surface area (Å²) in [6, 6.07) is 7.83. The van der Waals surface area contributed by atoms with E-state index in [0.717, 1.165) is 51.6 Å². The lowest BCUT2D eigenvalue weighted by atomic mass is 9.94. The Labute approximate surface area is 287 Å². The molecular formula is C37H38F2N6O3S. The maximum atomic E-state index is 16.2. The molecule has 0 fully saturated rings. The number of benzene rings is 1. The van der Waals surface area contributed by atoms with Crippen LogP contribution < -0.4 is 4.74 Å². The van der Waals surface area contributed by atoms with Gasteiger partial charge in [0, 0.05) is 77.4 Å². The number of carbonyl (C=O) groups excluding carboxylic acids is 1. The molecule has 0 saturated carbocycles. The summed E-state index contributed by atoms with van der Waals surface area (Å²) < 4.78 is 44.7. The van der Waals surface area contributed by atoms with Crippen LogP contribution in [0.1, 0.15) is 49.8 Å². The lowest BCUT2D eigenvalue weighted by Crippen LogP contribution is -2.46. The van der Waals surface area contributed by atoms with Crippen LogP contribution in [0.4, 0.5) is 8.78 Å². The molecule has 0 radical (unpaired) electrons. The molecule has 9 nitrogen and oxygen atoms in total. The van der Waals surface area contributed by atoms with Crippen LogP contribution in [0.3, 0.4) is 0 Å². The topological polar surface area (TPSA) is 85.6 Å². The van der Waals surface area contributed by atoms with Gasteiger partial charge in [0.15, 0.2) is 0 Å². The highest BCUT2D eigenvalue weighted by atomic mass is 32.1. The molecule has 4 aromatic heterocycles. The number of amides is 1. The number of carbonyl (C=O) groups is 1.